The Morgan fingerprint density at radius 1 is 1.47 bits per heavy atom. The summed E-state index contributed by atoms with van der Waals surface area (Å²) in [6.45, 7) is 4.46. The summed E-state index contributed by atoms with van der Waals surface area (Å²) in [5.74, 6) is -0.422. The van der Waals surface area contributed by atoms with Crippen LogP contribution < -0.4 is 16.4 Å². The molecule has 1 fully saturated rings. The van der Waals surface area contributed by atoms with Crippen molar-refractivity contribution in [2.24, 2.45) is 5.73 Å². The molecule has 0 radical (unpaired) electrons. The van der Waals surface area contributed by atoms with Crippen LogP contribution in [-0.2, 0) is 14.3 Å². The van der Waals surface area contributed by atoms with Crippen LogP contribution in [0.15, 0.2) is 0 Å². The van der Waals surface area contributed by atoms with Gasteiger partial charge in [-0.1, -0.05) is 0 Å². The molecule has 17 heavy (non-hydrogen) atoms. The van der Waals surface area contributed by atoms with Crippen LogP contribution in [-0.4, -0.2) is 43.2 Å². The van der Waals surface area contributed by atoms with Gasteiger partial charge < -0.3 is 21.1 Å². The number of ether oxygens (including phenoxy) is 1. The Bertz CT molecular complexity index is 283. The zero-order chi connectivity index (χ0) is 12.8. The molecule has 3 atom stereocenters. The average molecular weight is 243 g/mol. The van der Waals surface area contributed by atoms with Crippen LogP contribution in [0.4, 0.5) is 0 Å². The van der Waals surface area contributed by atoms with Crippen molar-refractivity contribution >= 4 is 11.8 Å². The van der Waals surface area contributed by atoms with Gasteiger partial charge in [-0.15, -0.1) is 0 Å². The van der Waals surface area contributed by atoms with Crippen molar-refractivity contribution in [3.05, 3.63) is 0 Å². The smallest absolute Gasteiger partial charge is 0.249 e. The minimum atomic E-state index is -0.539. The fraction of sp³-hybridized carbons (Fsp3) is 0.818. The molecule has 1 aliphatic heterocycles. The highest BCUT2D eigenvalue weighted by Gasteiger charge is 2.31. The van der Waals surface area contributed by atoms with Gasteiger partial charge in [-0.3, -0.25) is 9.59 Å². The molecule has 0 spiro atoms. The van der Waals surface area contributed by atoms with E-state index in [1.807, 2.05) is 6.92 Å². The van der Waals surface area contributed by atoms with E-state index in [4.69, 9.17) is 10.5 Å². The number of hydrogen-bond acceptors (Lipinski definition) is 4. The lowest BCUT2D eigenvalue weighted by atomic mass is 10.2. The molecule has 6 nitrogen and oxygen atoms in total. The SMILES string of the molecule is CCNC(=O)C(C)NC(=O)[C@@H]1CC[C@H](CN)O1. The van der Waals surface area contributed by atoms with E-state index in [0.717, 1.165) is 6.42 Å². The van der Waals surface area contributed by atoms with E-state index in [2.05, 4.69) is 10.6 Å². The molecule has 1 aliphatic rings. The van der Waals surface area contributed by atoms with Crippen molar-refractivity contribution in [3.63, 3.8) is 0 Å². The van der Waals surface area contributed by atoms with Gasteiger partial charge in [0.1, 0.15) is 12.1 Å². The lowest BCUT2D eigenvalue weighted by Crippen LogP contribution is -2.48. The van der Waals surface area contributed by atoms with Crippen molar-refractivity contribution in [1.82, 2.24) is 10.6 Å². The average Bonchev–Trinajstić information content (AvgIpc) is 2.77. The van der Waals surface area contributed by atoms with E-state index in [1.54, 1.807) is 6.92 Å². The van der Waals surface area contributed by atoms with Crippen molar-refractivity contribution in [2.75, 3.05) is 13.1 Å². The number of nitrogens with two attached hydrogens (primary N) is 1. The van der Waals surface area contributed by atoms with Crippen LogP contribution in [0.1, 0.15) is 26.7 Å². The lowest BCUT2D eigenvalue weighted by Gasteiger charge is -2.17. The monoisotopic (exact) mass is 243 g/mol. The highest BCUT2D eigenvalue weighted by atomic mass is 16.5. The maximum atomic E-state index is 11.8. The first-order valence-electron chi connectivity index (χ1n) is 6.02. The molecule has 1 rings (SSSR count). The molecule has 0 bridgehead atoms. The summed E-state index contributed by atoms with van der Waals surface area (Å²) in [5, 5.41) is 5.28. The summed E-state index contributed by atoms with van der Waals surface area (Å²) < 4.78 is 5.44. The van der Waals surface area contributed by atoms with Gasteiger partial charge in [0.15, 0.2) is 0 Å². The molecule has 98 valence electrons. The molecule has 4 N–H and O–H groups in total. The van der Waals surface area contributed by atoms with E-state index in [0.29, 0.717) is 19.5 Å². The van der Waals surface area contributed by atoms with Gasteiger partial charge in [0.25, 0.3) is 0 Å². The third-order valence-electron chi connectivity index (χ3n) is 2.77. The van der Waals surface area contributed by atoms with Crippen molar-refractivity contribution in [1.29, 1.82) is 0 Å². The summed E-state index contributed by atoms with van der Waals surface area (Å²) in [7, 11) is 0. The maximum Gasteiger partial charge on any atom is 0.249 e. The standard InChI is InChI=1S/C11H21N3O3/c1-3-13-10(15)7(2)14-11(16)9-5-4-8(6-12)17-9/h7-9H,3-6,12H2,1-2H3,(H,13,15)(H,14,16)/t7?,8-,9+/m1/s1. The van der Waals surface area contributed by atoms with Gasteiger partial charge in [-0.2, -0.15) is 0 Å². The van der Waals surface area contributed by atoms with Crippen LogP contribution >= 0.6 is 0 Å². The number of hydrogen-bond donors (Lipinski definition) is 3. The number of carbonyl (C=O) groups is 2. The highest BCUT2D eigenvalue weighted by Crippen LogP contribution is 2.18. The predicted octanol–water partition coefficient (Wildman–Crippen LogP) is -0.866. The van der Waals surface area contributed by atoms with Crippen LogP contribution in [0.25, 0.3) is 0 Å². The van der Waals surface area contributed by atoms with Crippen molar-refractivity contribution < 1.29 is 14.3 Å². The first-order chi connectivity index (χ1) is 8.08. The largest absolute Gasteiger partial charge is 0.364 e. The summed E-state index contributed by atoms with van der Waals surface area (Å²) in [6.07, 6.45) is 0.950. The van der Waals surface area contributed by atoms with E-state index in [9.17, 15) is 9.59 Å². The first-order valence-corrected chi connectivity index (χ1v) is 6.02. The second kappa shape index (κ2) is 6.56. The highest BCUT2D eigenvalue weighted by molar-refractivity contribution is 5.89. The van der Waals surface area contributed by atoms with Crippen LogP contribution in [0.2, 0.25) is 0 Å². The first kappa shape index (κ1) is 13.9. The van der Waals surface area contributed by atoms with Gasteiger partial charge >= 0.3 is 0 Å². The van der Waals surface area contributed by atoms with Crippen LogP contribution in [0.5, 0.6) is 0 Å². The van der Waals surface area contributed by atoms with Crippen LogP contribution in [0.3, 0.4) is 0 Å². The molecule has 1 heterocycles. The molecule has 0 aliphatic carbocycles. The fourth-order valence-corrected chi connectivity index (χ4v) is 1.77. The number of carbonyl (C=O) groups excluding carboxylic acids is 2. The Morgan fingerprint density at radius 3 is 2.71 bits per heavy atom. The summed E-state index contributed by atoms with van der Waals surface area (Å²) in [5.41, 5.74) is 5.46. The van der Waals surface area contributed by atoms with Gasteiger partial charge in [-0.05, 0) is 26.7 Å². The molecule has 0 aromatic rings. The van der Waals surface area contributed by atoms with Gasteiger partial charge in [0, 0.05) is 13.1 Å². The Kier molecular flexibility index (Phi) is 5.37. The van der Waals surface area contributed by atoms with Gasteiger partial charge in [0.2, 0.25) is 11.8 Å². The summed E-state index contributed by atoms with van der Waals surface area (Å²) in [4.78, 5) is 23.2. The molecular formula is C11H21N3O3. The van der Waals surface area contributed by atoms with Gasteiger partial charge in [-0.25, -0.2) is 0 Å². The third-order valence-corrected chi connectivity index (χ3v) is 2.77. The molecule has 0 aromatic carbocycles. The quantitative estimate of drug-likeness (QED) is 0.585. The molecule has 6 heteroatoms. The lowest BCUT2D eigenvalue weighted by molar-refractivity contribution is -0.135. The summed E-state index contributed by atoms with van der Waals surface area (Å²) in [6, 6.07) is -0.539. The topological polar surface area (TPSA) is 93.5 Å². The molecular weight excluding hydrogens is 222 g/mol. The minimum absolute atomic E-state index is 0.0366. The molecule has 0 saturated carbocycles. The molecule has 0 aromatic heterocycles. The Morgan fingerprint density at radius 2 is 2.18 bits per heavy atom. The number of nitrogens with one attached hydrogen (secondary N) is 2. The summed E-state index contributed by atoms with van der Waals surface area (Å²) >= 11 is 0. The minimum Gasteiger partial charge on any atom is -0.364 e. The fourth-order valence-electron chi connectivity index (χ4n) is 1.77. The normalized spacial score (nSPS) is 25.4. The number of amides is 2. The van der Waals surface area contributed by atoms with Crippen LogP contribution in [0, 0.1) is 0 Å². The zero-order valence-electron chi connectivity index (χ0n) is 10.4. The molecule has 1 unspecified atom stereocenters. The van der Waals surface area contributed by atoms with Crippen molar-refractivity contribution in [3.8, 4) is 0 Å². The second-order valence-corrected chi connectivity index (χ2v) is 4.18. The molecule has 1 saturated heterocycles. The van der Waals surface area contributed by atoms with E-state index in [-0.39, 0.29) is 17.9 Å². The van der Waals surface area contributed by atoms with Crippen molar-refractivity contribution in [2.45, 2.75) is 44.9 Å². The predicted molar refractivity (Wildman–Crippen MR) is 63.2 cm³/mol. The van der Waals surface area contributed by atoms with E-state index >= 15 is 0 Å². The Balaban J connectivity index is 2.36. The number of likely N-dealkylation sites (N-methyl/N-ethyl adjacent to an activating group) is 1. The van der Waals surface area contributed by atoms with Gasteiger partial charge in [0.05, 0.1) is 6.10 Å². The van der Waals surface area contributed by atoms with E-state index in [1.165, 1.54) is 0 Å². The number of rotatable bonds is 5. The van der Waals surface area contributed by atoms with E-state index < -0.39 is 12.1 Å². The molecule has 2 amide bonds. The third kappa shape index (κ3) is 3.98. The Hall–Kier alpha value is -1.14. The maximum absolute atomic E-state index is 11.8. The second-order valence-electron chi connectivity index (χ2n) is 4.18. The Labute approximate surface area is 101 Å². The zero-order valence-corrected chi connectivity index (χ0v) is 10.4.